The van der Waals surface area contributed by atoms with Crippen LogP contribution in [0.5, 0.6) is 0 Å². The zero-order chi connectivity index (χ0) is 6.41. The Balaban J connectivity index is 0. The van der Waals surface area contributed by atoms with E-state index in [1.807, 2.05) is 0 Å². The average Bonchev–Trinajstić information content (AvgIpc) is 1.66. The molecule has 0 aromatic rings. The maximum Gasteiger partial charge on any atom is 0.303 e. The predicted molar refractivity (Wildman–Crippen MR) is 39.0 cm³/mol. The highest BCUT2D eigenvalue weighted by atomic mass is 35.5. The minimum atomic E-state index is -0.682. The standard InChI is InChI=1S/C6H12O2.ClH/c1-2-3-4-5-6(7)8;/h2-5H2,1H3,(H,7,8);1H. The summed E-state index contributed by atoms with van der Waals surface area (Å²) in [5.41, 5.74) is 0. The zero-order valence-corrected chi connectivity index (χ0v) is 6.41. The van der Waals surface area contributed by atoms with Crippen molar-refractivity contribution in [2.24, 2.45) is 0 Å². The van der Waals surface area contributed by atoms with Crippen molar-refractivity contribution >= 4 is 18.4 Å². The molecular formula is C6H13ClO2. The summed E-state index contributed by atoms with van der Waals surface area (Å²) < 4.78 is 0. The molecule has 0 aliphatic heterocycles. The highest BCUT2D eigenvalue weighted by Gasteiger charge is 1.92. The maximum atomic E-state index is 9.87. The first-order valence-corrected chi connectivity index (χ1v) is 2.99. The summed E-state index contributed by atoms with van der Waals surface area (Å²) in [5, 5.41) is 8.14. The Kier molecular flexibility index (Phi) is 9.95. The fraction of sp³-hybridized carbons (Fsp3) is 0.833. The molecule has 0 bridgehead atoms. The molecule has 0 aliphatic rings. The summed E-state index contributed by atoms with van der Waals surface area (Å²) >= 11 is 0. The van der Waals surface area contributed by atoms with Crippen LogP contribution in [-0.2, 0) is 4.79 Å². The third-order valence-electron chi connectivity index (χ3n) is 0.994. The van der Waals surface area contributed by atoms with Crippen molar-refractivity contribution in [1.82, 2.24) is 0 Å². The van der Waals surface area contributed by atoms with Gasteiger partial charge in [-0.05, 0) is 6.42 Å². The third kappa shape index (κ3) is 11.4. The van der Waals surface area contributed by atoms with Crippen LogP contribution >= 0.6 is 12.4 Å². The molecule has 56 valence electrons. The lowest BCUT2D eigenvalue weighted by Crippen LogP contribution is -1.92. The maximum absolute atomic E-state index is 9.87. The van der Waals surface area contributed by atoms with Crippen LogP contribution in [0.25, 0.3) is 0 Å². The molecule has 0 aliphatic carbocycles. The Morgan fingerprint density at radius 3 is 2.33 bits per heavy atom. The molecule has 0 fully saturated rings. The molecule has 0 atom stereocenters. The van der Waals surface area contributed by atoms with Crippen LogP contribution in [0.3, 0.4) is 0 Å². The van der Waals surface area contributed by atoms with E-state index in [2.05, 4.69) is 6.92 Å². The van der Waals surface area contributed by atoms with Crippen LogP contribution in [0.15, 0.2) is 0 Å². The molecule has 0 unspecified atom stereocenters. The van der Waals surface area contributed by atoms with Gasteiger partial charge in [0.25, 0.3) is 0 Å². The highest BCUT2D eigenvalue weighted by molar-refractivity contribution is 5.85. The average molecular weight is 153 g/mol. The van der Waals surface area contributed by atoms with E-state index >= 15 is 0 Å². The monoisotopic (exact) mass is 152 g/mol. The Morgan fingerprint density at radius 1 is 1.44 bits per heavy atom. The number of hydrogen-bond donors (Lipinski definition) is 1. The normalized spacial score (nSPS) is 8.11. The highest BCUT2D eigenvalue weighted by Crippen LogP contribution is 1.97. The number of unbranched alkanes of at least 4 members (excludes halogenated alkanes) is 2. The van der Waals surface area contributed by atoms with Crippen molar-refractivity contribution < 1.29 is 9.90 Å². The van der Waals surface area contributed by atoms with Crippen molar-refractivity contribution in [2.45, 2.75) is 32.6 Å². The van der Waals surface area contributed by atoms with Gasteiger partial charge in [0.05, 0.1) is 0 Å². The second-order valence-corrected chi connectivity index (χ2v) is 1.85. The number of carbonyl (C=O) groups is 1. The quantitative estimate of drug-likeness (QED) is 0.627. The van der Waals surface area contributed by atoms with E-state index in [4.69, 9.17) is 5.11 Å². The van der Waals surface area contributed by atoms with E-state index in [9.17, 15) is 4.79 Å². The molecule has 0 rings (SSSR count). The Hall–Kier alpha value is -0.240. The van der Waals surface area contributed by atoms with Gasteiger partial charge in [-0.25, -0.2) is 0 Å². The van der Waals surface area contributed by atoms with Crippen LogP contribution in [-0.4, -0.2) is 11.1 Å². The smallest absolute Gasteiger partial charge is 0.303 e. The van der Waals surface area contributed by atoms with Gasteiger partial charge in [0.2, 0.25) is 0 Å². The predicted octanol–water partition coefficient (Wildman–Crippen LogP) is 2.07. The Bertz CT molecular complexity index is 73.5. The number of hydrogen-bond acceptors (Lipinski definition) is 1. The number of rotatable bonds is 4. The van der Waals surface area contributed by atoms with Crippen LogP contribution in [0.1, 0.15) is 32.6 Å². The summed E-state index contributed by atoms with van der Waals surface area (Å²) in [6, 6.07) is 0. The van der Waals surface area contributed by atoms with Crippen molar-refractivity contribution in [3.05, 3.63) is 0 Å². The summed E-state index contributed by atoms with van der Waals surface area (Å²) in [5.74, 6) is -0.682. The van der Waals surface area contributed by atoms with Crippen molar-refractivity contribution in [3.8, 4) is 0 Å². The van der Waals surface area contributed by atoms with Crippen molar-refractivity contribution in [3.63, 3.8) is 0 Å². The van der Waals surface area contributed by atoms with Crippen molar-refractivity contribution in [1.29, 1.82) is 0 Å². The van der Waals surface area contributed by atoms with Gasteiger partial charge >= 0.3 is 5.97 Å². The first kappa shape index (κ1) is 11.5. The van der Waals surface area contributed by atoms with Crippen LogP contribution < -0.4 is 0 Å². The van der Waals surface area contributed by atoms with E-state index in [0.29, 0.717) is 6.42 Å². The van der Waals surface area contributed by atoms with E-state index < -0.39 is 5.97 Å². The molecular weight excluding hydrogens is 140 g/mol. The second kappa shape index (κ2) is 7.76. The third-order valence-corrected chi connectivity index (χ3v) is 0.994. The van der Waals surface area contributed by atoms with Gasteiger partial charge in [-0.2, -0.15) is 0 Å². The fourth-order valence-electron chi connectivity index (χ4n) is 0.526. The van der Waals surface area contributed by atoms with Crippen LogP contribution in [0.2, 0.25) is 0 Å². The Labute approximate surface area is 61.7 Å². The second-order valence-electron chi connectivity index (χ2n) is 1.85. The first-order chi connectivity index (χ1) is 3.77. The molecule has 0 spiro atoms. The minimum Gasteiger partial charge on any atom is -0.481 e. The molecule has 0 aromatic carbocycles. The van der Waals surface area contributed by atoms with E-state index in [1.165, 1.54) is 0 Å². The lowest BCUT2D eigenvalue weighted by atomic mass is 10.2. The van der Waals surface area contributed by atoms with E-state index in [0.717, 1.165) is 19.3 Å². The van der Waals surface area contributed by atoms with Crippen molar-refractivity contribution in [2.75, 3.05) is 0 Å². The van der Waals surface area contributed by atoms with Crippen LogP contribution in [0, 0.1) is 0 Å². The molecule has 0 aromatic heterocycles. The molecule has 0 heterocycles. The topological polar surface area (TPSA) is 37.3 Å². The number of carboxylic acids is 1. The minimum absolute atomic E-state index is 0. The molecule has 1 N–H and O–H groups in total. The SMILES string of the molecule is CCCCCC(=O)O.Cl. The molecule has 0 saturated carbocycles. The first-order valence-electron chi connectivity index (χ1n) is 2.99. The zero-order valence-electron chi connectivity index (χ0n) is 5.59. The fourth-order valence-corrected chi connectivity index (χ4v) is 0.526. The van der Waals surface area contributed by atoms with E-state index in [-0.39, 0.29) is 12.4 Å². The largest absolute Gasteiger partial charge is 0.481 e. The summed E-state index contributed by atoms with van der Waals surface area (Å²) in [7, 11) is 0. The van der Waals surface area contributed by atoms with Gasteiger partial charge < -0.3 is 5.11 Å². The Morgan fingerprint density at radius 2 is 2.00 bits per heavy atom. The van der Waals surface area contributed by atoms with Gasteiger partial charge in [0.15, 0.2) is 0 Å². The van der Waals surface area contributed by atoms with Gasteiger partial charge in [-0.1, -0.05) is 19.8 Å². The van der Waals surface area contributed by atoms with Gasteiger partial charge in [-0.15, -0.1) is 12.4 Å². The summed E-state index contributed by atoms with van der Waals surface area (Å²) in [6.07, 6.45) is 3.28. The molecule has 0 saturated heterocycles. The van der Waals surface area contributed by atoms with Gasteiger partial charge in [-0.3, -0.25) is 4.79 Å². The lowest BCUT2D eigenvalue weighted by molar-refractivity contribution is -0.137. The molecule has 3 heteroatoms. The molecule has 9 heavy (non-hydrogen) atoms. The summed E-state index contributed by atoms with van der Waals surface area (Å²) in [6.45, 7) is 2.06. The van der Waals surface area contributed by atoms with Gasteiger partial charge in [0, 0.05) is 6.42 Å². The number of carboxylic acid groups (broad SMARTS) is 1. The van der Waals surface area contributed by atoms with Crippen LogP contribution in [0.4, 0.5) is 0 Å². The number of aliphatic carboxylic acids is 1. The molecule has 2 nitrogen and oxygen atoms in total. The summed E-state index contributed by atoms with van der Waals surface area (Å²) in [4.78, 5) is 9.87. The molecule has 0 radical (unpaired) electrons. The van der Waals surface area contributed by atoms with E-state index in [1.54, 1.807) is 0 Å². The lowest BCUT2D eigenvalue weighted by Gasteiger charge is -1.89. The molecule has 0 amide bonds. The van der Waals surface area contributed by atoms with Gasteiger partial charge in [0.1, 0.15) is 0 Å². The number of halogens is 1.